The van der Waals surface area contributed by atoms with Crippen molar-refractivity contribution in [2.45, 2.75) is 37.0 Å². The highest BCUT2D eigenvalue weighted by molar-refractivity contribution is 7.89. The van der Waals surface area contributed by atoms with Crippen molar-refractivity contribution < 1.29 is 13.2 Å². The average molecular weight is 416 g/mol. The van der Waals surface area contributed by atoms with Gasteiger partial charge in [0.25, 0.3) is 0 Å². The van der Waals surface area contributed by atoms with Gasteiger partial charge in [0.05, 0.1) is 6.61 Å². The van der Waals surface area contributed by atoms with Crippen molar-refractivity contribution in [2.75, 3.05) is 37.7 Å². The first kappa shape index (κ1) is 20.2. The zero-order valence-electron chi connectivity index (χ0n) is 16.7. The number of para-hydroxylation sites is 1. The Hall–Kier alpha value is -2.12. The monoisotopic (exact) mass is 415 g/mol. The van der Waals surface area contributed by atoms with Crippen LogP contribution in [0, 0.1) is 5.92 Å². The number of piperidine rings is 2. The molecule has 0 N–H and O–H groups in total. The minimum Gasteiger partial charge on any atom is -0.493 e. The molecule has 1 aromatic carbocycles. The van der Waals surface area contributed by atoms with Crippen LogP contribution in [0.3, 0.4) is 0 Å². The van der Waals surface area contributed by atoms with Crippen LogP contribution in [0.1, 0.15) is 32.1 Å². The third-order valence-corrected chi connectivity index (χ3v) is 7.63. The Kier molecular flexibility index (Phi) is 6.35. The van der Waals surface area contributed by atoms with E-state index in [0.717, 1.165) is 56.8 Å². The maximum Gasteiger partial charge on any atom is 0.244 e. The van der Waals surface area contributed by atoms with Crippen LogP contribution in [0.5, 0.6) is 5.75 Å². The third kappa shape index (κ3) is 4.90. The van der Waals surface area contributed by atoms with Crippen molar-refractivity contribution in [3.05, 3.63) is 48.7 Å². The molecule has 0 bridgehead atoms. The van der Waals surface area contributed by atoms with Crippen LogP contribution in [0.2, 0.25) is 0 Å². The molecule has 0 aliphatic carbocycles. The molecule has 3 heterocycles. The molecule has 2 aliphatic heterocycles. The lowest BCUT2D eigenvalue weighted by Gasteiger charge is -2.33. The van der Waals surface area contributed by atoms with Gasteiger partial charge in [0.1, 0.15) is 16.5 Å². The predicted molar refractivity (Wildman–Crippen MR) is 114 cm³/mol. The number of ether oxygens (including phenoxy) is 1. The van der Waals surface area contributed by atoms with Gasteiger partial charge in [0.2, 0.25) is 10.0 Å². The molecule has 156 valence electrons. The van der Waals surface area contributed by atoms with Crippen LogP contribution in [-0.2, 0) is 10.0 Å². The van der Waals surface area contributed by atoms with E-state index in [2.05, 4.69) is 9.88 Å². The van der Waals surface area contributed by atoms with E-state index in [9.17, 15) is 8.42 Å². The van der Waals surface area contributed by atoms with Gasteiger partial charge in [-0.1, -0.05) is 24.6 Å². The first-order valence-corrected chi connectivity index (χ1v) is 12.0. The minimum absolute atomic E-state index is 0.295. The fourth-order valence-corrected chi connectivity index (χ4v) is 5.57. The fourth-order valence-electron chi connectivity index (χ4n) is 4.11. The molecule has 0 radical (unpaired) electrons. The zero-order valence-corrected chi connectivity index (χ0v) is 17.6. The number of hydrogen-bond donors (Lipinski definition) is 0. The summed E-state index contributed by atoms with van der Waals surface area (Å²) in [5.74, 6) is 2.17. The number of aromatic nitrogens is 1. The van der Waals surface area contributed by atoms with Gasteiger partial charge in [-0.25, -0.2) is 13.4 Å². The molecule has 1 aromatic heterocycles. The second-order valence-corrected chi connectivity index (χ2v) is 9.83. The minimum atomic E-state index is -3.43. The third-order valence-electron chi connectivity index (χ3n) is 5.75. The second-order valence-electron chi connectivity index (χ2n) is 7.90. The number of nitrogens with zero attached hydrogens (tertiary/aromatic N) is 3. The molecular weight excluding hydrogens is 386 g/mol. The van der Waals surface area contributed by atoms with Crippen molar-refractivity contribution in [3.8, 4) is 5.75 Å². The second kappa shape index (κ2) is 9.13. The van der Waals surface area contributed by atoms with E-state index in [1.54, 1.807) is 10.4 Å². The zero-order chi connectivity index (χ0) is 20.1. The lowest BCUT2D eigenvalue weighted by atomic mass is 9.99. The van der Waals surface area contributed by atoms with Gasteiger partial charge in [-0.15, -0.1) is 0 Å². The number of rotatable bonds is 6. The lowest BCUT2D eigenvalue weighted by molar-refractivity contribution is 0.228. The largest absolute Gasteiger partial charge is 0.493 e. The van der Waals surface area contributed by atoms with Gasteiger partial charge in [-0.05, 0) is 49.9 Å². The van der Waals surface area contributed by atoms with E-state index in [1.165, 1.54) is 6.20 Å². The molecular formula is C22H29N3O3S. The van der Waals surface area contributed by atoms with Crippen molar-refractivity contribution in [2.24, 2.45) is 5.92 Å². The van der Waals surface area contributed by atoms with E-state index >= 15 is 0 Å². The highest BCUT2D eigenvalue weighted by Crippen LogP contribution is 2.25. The summed E-state index contributed by atoms with van der Waals surface area (Å²) in [5, 5.41) is 0. The van der Waals surface area contributed by atoms with Crippen LogP contribution in [0.4, 0.5) is 5.82 Å². The van der Waals surface area contributed by atoms with E-state index in [4.69, 9.17) is 4.74 Å². The maximum atomic E-state index is 12.8. The number of pyridine rings is 1. The molecule has 0 spiro atoms. The van der Waals surface area contributed by atoms with Crippen molar-refractivity contribution >= 4 is 15.8 Å². The van der Waals surface area contributed by atoms with E-state index in [-0.39, 0.29) is 0 Å². The number of anilines is 1. The van der Waals surface area contributed by atoms with Crippen LogP contribution in [0.25, 0.3) is 0 Å². The average Bonchev–Trinajstić information content (AvgIpc) is 2.79. The Labute approximate surface area is 173 Å². The molecule has 1 atom stereocenters. The molecule has 0 amide bonds. The first-order valence-electron chi connectivity index (χ1n) is 10.5. The fraction of sp³-hybridized carbons (Fsp3) is 0.500. The number of sulfonamides is 1. The van der Waals surface area contributed by atoms with Crippen LogP contribution < -0.4 is 9.64 Å². The summed E-state index contributed by atoms with van der Waals surface area (Å²) in [6.07, 6.45) is 6.70. The Morgan fingerprint density at radius 1 is 0.966 bits per heavy atom. The van der Waals surface area contributed by atoms with Gasteiger partial charge in [-0.3, -0.25) is 0 Å². The van der Waals surface area contributed by atoms with E-state index in [0.29, 0.717) is 30.5 Å². The van der Waals surface area contributed by atoms with Gasteiger partial charge < -0.3 is 9.64 Å². The topological polar surface area (TPSA) is 62.7 Å². The summed E-state index contributed by atoms with van der Waals surface area (Å²) >= 11 is 0. The number of hydrogen-bond acceptors (Lipinski definition) is 5. The van der Waals surface area contributed by atoms with E-state index < -0.39 is 10.0 Å². The molecule has 7 heteroatoms. The first-order chi connectivity index (χ1) is 14.1. The predicted octanol–water partition coefficient (Wildman–Crippen LogP) is 3.55. The van der Waals surface area contributed by atoms with Crippen molar-refractivity contribution in [1.82, 2.24) is 9.29 Å². The molecule has 6 nitrogen and oxygen atoms in total. The van der Waals surface area contributed by atoms with Crippen LogP contribution in [-0.4, -0.2) is 50.5 Å². The molecule has 2 saturated heterocycles. The molecule has 2 aliphatic rings. The number of benzene rings is 1. The Morgan fingerprint density at radius 2 is 1.76 bits per heavy atom. The Bertz CT molecular complexity index is 881. The Balaban J connectivity index is 1.38. The van der Waals surface area contributed by atoms with Gasteiger partial charge >= 0.3 is 0 Å². The van der Waals surface area contributed by atoms with E-state index in [1.807, 2.05) is 36.4 Å². The van der Waals surface area contributed by atoms with Crippen LogP contribution >= 0.6 is 0 Å². The normalized spacial score (nSPS) is 21.1. The lowest BCUT2D eigenvalue weighted by Crippen LogP contribution is -2.38. The molecule has 0 saturated carbocycles. The van der Waals surface area contributed by atoms with Gasteiger partial charge in [0.15, 0.2) is 0 Å². The molecule has 29 heavy (non-hydrogen) atoms. The summed E-state index contributed by atoms with van der Waals surface area (Å²) in [4.78, 5) is 7.03. The summed E-state index contributed by atoms with van der Waals surface area (Å²) in [6.45, 7) is 3.71. The standard InChI is InChI=1S/C22H29N3O3S/c26-29(27,25-14-5-2-6-15-25)21-11-12-22(23-16-21)24-13-7-8-19(17-24)18-28-20-9-3-1-4-10-20/h1,3-4,9-12,16,19H,2,5-8,13-15,17-18H2. The van der Waals surface area contributed by atoms with Gasteiger partial charge in [0, 0.05) is 38.3 Å². The highest BCUT2D eigenvalue weighted by Gasteiger charge is 2.27. The smallest absolute Gasteiger partial charge is 0.244 e. The van der Waals surface area contributed by atoms with Crippen LogP contribution in [0.15, 0.2) is 53.6 Å². The van der Waals surface area contributed by atoms with Crippen molar-refractivity contribution in [1.29, 1.82) is 0 Å². The highest BCUT2D eigenvalue weighted by atomic mass is 32.2. The van der Waals surface area contributed by atoms with Gasteiger partial charge in [-0.2, -0.15) is 4.31 Å². The molecule has 1 unspecified atom stereocenters. The summed E-state index contributed by atoms with van der Waals surface area (Å²) in [6, 6.07) is 13.4. The quantitative estimate of drug-likeness (QED) is 0.722. The summed E-state index contributed by atoms with van der Waals surface area (Å²) in [7, 11) is -3.43. The Morgan fingerprint density at radius 3 is 2.48 bits per heavy atom. The summed E-state index contributed by atoms with van der Waals surface area (Å²) < 4.78 is 33.1. The SMILES string of the molecule is O=S(=O)(c1ccc(N2CCCC(COc3ccccc3)C2)nc1)N1CCCCC1. The summed E-state index contributed by atoms with van der Waals surface area (Å²) in [5.41, 5.74) is 0. The molecule has 2 fully saturated rings. The van der Waals surface area contributed by atoms with Crippen molar-refractivity contribution in [3.63, 3.8) is 0 Å². The molecule has 4 rings (SSSR count). The maximum absolute atomic E-state index is 12.8. The molecule has 2 aromatic rings.